The van der Waals surface area contributed by atoms with Crippen LogP contribution in [-0.4, -0.2) is 10.9 Å². The van der Waals surface area contributed by atoms with Gasteiger partial charge in [0.15, 0.2) is 11.7 Å². The summed E-state index contributed by atoms with van der Waals surface area (Å²) in [6, 6.07) is 14.1. The third kappa shape index (κ3) is 4.35. The Hall–Kier alpha value is -2.88. The van der Waals surface area contributed by atoms with Crippen molar-refractivity contribution in [3.05, 3.63) is 71.2 Å². The highest BCUT2D eigenvalue weighted by molar-refractivity contribution is 5.91. The molecule has 0 bridgehead atoms. The van der Waals surface area contributed by atoms with Crippen molar-refractivity contribution in [1.82, 2.24) is 4.98 Å². The van der Waals surface area contributed by atoms with Crippen LogP contribution in [0.25, 0.3) is 11.3 Å². The third-order valence-corrected chi connectivity index (χ3v) is 4.11. The van der Waals surface area contributed by atoms with Crippen LogP contribution in [0.15, 0.2) is 53.1 Å². The van der Waals surface area contributed by atoms with Crippen LogP contribution >= 0.6 is 0 Å². The number of carbonyl (C=O) groups excluding carboxylic acids is 1. The highest BCUT2D eigenvalue weighted by Crippen LogP contribution is 2.21. The van der Waals surface area contributed by atoms with Crippen LogP contribution in [0.3, 0.4) is 0 Å². The van der Waals surface area contributed by atoms with E-state index in [9.17, 15) is 4.79 Å². The molecular formula is C21H22N2O2. The molecule has 0 saturated carbocycles. The molecule has 1 amide bonds. The van der Waals surface area contributed by atoms with Gasteiger partial charge in [-0.3, -0.25) is 4.79 Å². The van der Waals surface area contributed by atoms with Gasteiger partial charge in [-0.25, -0.2) is 4.98 Å². The van der Waals surface area contributed by atoms with E-state index in [0.29, 0.717) is 18.7 Å². The zero-order valence-corrected chi connectivity index (χ0v) is 14.8. The molecule has 0 saturated heterocycles. The van der Waals surface area contributed by atoms with E-state index in [1.54, 1.807) is 6.20 Å². The lowest BCUT2D eigenvalue weighted by Gasteiger charge is -2.08. The number of nitrogens with zero attached hydrogens (tertiary/aromatic N) is 1. The van der Waals surface area contributed by atoms with Crippen molar-refractivity contribution in [3.63, 3.8) is 0 Å². The molecule has 3 rings (SSSR count). The third-order valence-electron chi connectivity index (χ3n) is 4.11. The molecule has 0 unspecified atom stereocenters. The van der Waals surface area contributed by atoms with Crippen LogP contribution in [0, 0.1) is 20.8 Å². The number of nitrogens with one attached hydrogen (secondary N) is 1. The van der Waals surface area contributed by atoms with Gasteiger partial charge < -0.3 is 9.73 Å². The lowest BCUT2D eigenvalue weighted by Crippen LogP contribution is -2.13. The zero-order valence-electron chi connectivity index (χ0n) is 14.8. The van der Waals surface area contributed by atoms with E-state index in [1.807, 2.05) is 57.2 Å². The highest BCUT2D eigenvalue weighted by atomic mass is 16.4. The lowest BCUT2D eigenvalue weighted by atomic mass is 10.1. The molecule has 25 heavy (non-hydrogen) atoms. The van der Waals surface area contributed by atoms with Crippen molar-refractivity contribution in [1.29, 1.82) is 0 Å². The molecule has 4 nitrogen and oxygen atoms in total. The molecule has 0 aliphatic heterocycles. The van der Waals surface area contributed by atoms with Crippen LogP contribution in [0.5, 0.6) is 0 Å². The van der Waals surface area contributed by atoms with Gasteiger partial charge in [-0.15, -0.1) is 0 Å². The van der Waals surface area contributed by atoms with Gasteiger partial charge in [0.1, 0.15) is 0 Å². The minimum atomic E-state index is -0.0398. The van der Waals surface area contributed by atoms with Crippen LogP contribution in [0.2, 0.25) is 0 Å². The summed E-state index contributed by atoms with van der Waals surface area (Å²) in [5, 5.41) is 2.94. The second kappa shape index (κ2) is 7.34. The Bertz CT molecular complexity index is 879. The van der Waals surface area contributed by atoms with E-state index in [2.05, 4.69) is 16.4 Å². The molecule has 0 aliphatic carbocycles. The Morgan fingerprint density at radius 2 is 1.76 bits per heavy atom. The maximum atomic E-state index is 12.2. The van der Waals surface area contributed by atoms with E-state index in [0.717, 1.165) is 22.6 Å². The number of hydrogen-bond acceptors (Lipinski definition) is 3. The van der Waals surface area contributed by atoms with E-state index in [4.69, 9.17) is 4.42 Å². The largest absolute Gasteiger partial charge is 0.441 e. The molecule has 1 N–H and O–H groups in total. The fourth-order valence-corrected chi connectivity index (χ4v) is 2.66. The number of benzene rings is 2. The first-order chi connectivity index (χ1) is 12.0. The summed E-state index contributed by atoms with van der Waals surface area (Å²) in [5.41, 5.74) is 5.28. The van der Waals surface area contributed by atoms with E-state index < -0.39 is 0 Å². The summed E-state index contributed by atoms with van der Waals surface area (Å²) < 4.78 is 5.76. The average Bonchev–Trinajstić information content (AvgIpc) is 3.05. The molecular weight excluding hydrogens is 312 g/mol. The smallest absolute Gasteiger partial charge is 0.224 e. The van der Waals surface area contributed by atoms with Gasteiger partial charge in [-0.1, -0.05) is 47.5 Å². The maximum absolute atomic E-state index is 12.2. The minimum Gasteiger partial charge on any atom is -0.441 e. The highest BCUT2D eigenvalue weighted by Gasteiger charge is 2.10. The van der Waals surface area contributed by atoms with Crippen molar-refractivity contribution >= 4 is 11.6 Å². The molecule has 0 radical (unpaired) electrons. The summed E-state index contributed by atoms with van der Waals surface area (Å²) in [4.78, 5) is 16.4. The number of amides is 1. The monoisotopic (exact) mass is 334 g/mol. The SMILES string of the molecule is Cc1ccc(-c2cnc(CCC(=O)Nc3ccc(C)cc3C)o2)cc1. The van der Waals surface area contributed by atoms with Crippen molar-refractivity contribution in [2.75, 3.05) is 5.32 Å². The second-order valence-electron chi connectivity index (χ2n) is 6.35. The first-order valence-corrected chi connectivity index (χ1v) is 8.40. The zero-order chi connectivity index (χ0) is 17.8. The van der Waals surface area contributed by atoms with Crippen molar-refractivity contribution < 1.29 is 9.21 Å². The fraction of sp³-hybridized carbons (Fsp3) is 0.238. The van der Waals surface area contributed by atoms with Gasteiger partial charge in [0, 0.05) is 24.1 Å². The molecule has 2 aromatic carbocycles. The molecule has 1 aromatic heterocycles. The van der Waals surface area contributed by atoms with E-state index in [1.165, 1.54) is 11.1 Å². The molecule has 0 aliphatic rings. The number of oxazole rings is 1. The Morgan fingerprint density at radius 3 is 2.48 bits per heavy atom. The van der Waals surface area contributed by atoms with Gasteiger partial charge >= 0.3 is 0 Å². The predicted molar refractivity (Wildman–Crippen MR) is 99.5 cm³/mol. The summed E-state index contributed by atoms with van der Waals surface area (Å²) in [6.07, 6.45) is 2.52. The fourth-order valence-electron chi connectivity index (χ4n) is 2.66. The predicted octanol–water partition coefficient (Wildman–Crippen LogP) is 4.84. The van der Waals surface area contributed by atoms with Crippen LogP contribution in [0.1, 0.15) is 29.0 Å². The van der Waals surface area contributed by atoms with Crippen molar-refractivity contribution in [2.24, 2.45) is 0 Å². The lowest BCUT2D eigenvalue weighted by molar-refractivity contribution is -0.116. The van der Waals surface area contributed by atoms with Crippen molar-refractivity contribution in [3.8, 4) is 11.3 Å². The molecule has 0 spiro atoms. The number of rotatable bonds is 5. The number of carbonyl (C=O) groups is 1. The summed E-state index contributed by atoms with van der Waals surface area (Å²) in [5.74, 6) is 1.26. The maximum Gasteiger partial charge on any atom is 0.224 e. The van der Waals surface area contributed by atoms with Gasteiger partial charge in [0.2, 0.25) is 5.91 Å². The molecule has 1 heterocycles. The Labute approximate surface area is 147 Å². The quantitative estimate of drug-likeness (QED) is 0.726. The normalized spacial score (nSPS) is 10.7. The van der Waals surface area contributed by atoms with Gasteiger partial charge in [0.25, 0.3) is 0 Å². The molecule has 3 aromatic rings. The van der Waals surface area contributed by atoms with E-state index in [-0.39, 0.29) is 5.91 Å². The Kier molecular flexibility index (Phi) is 4.98. The van der Waals surface area contributed by atoms with Crippen LogP contribution < -0.4 is 5.32 Å². The number of aryl methyl sites for hydroxylation is 4. The molecule has 128 valence electrons. The first kappa shape index (κ1) is 17.0. The number of aromatic nitrogens is 1. The second-order valence-corrected chi connectivity index (χ2v) is 6.35. The standard InChI is InChI=1S/C21H22N2O2/c1-14-4-7-17(8-5-14)19-13-22-21(25-19)11-10-20(24)23-18-9-6-15(2)12-16(18)3/h4-9,12-13H,10-11H2,1-3H3,(H,23,24). The van der Waals surface area contributed by atoms with Gasteiger partial charge in [-0.05, 0) is 32.4 Å². The molecule has 0 fully saturated rings. The van der Waals surface area contributed by atoms with Gasteiger partial charge in [-0.2, -0.15) is 0 Å². The Morgan fingerprint density at radius 1 is 1.04 bits per heavy atom. The Balaban J connectivity index is 1.58. The van der Waals surface area contributed by atoms with E-state index >= 15 is 0 Å². The van der Waals surface area contributed by atoms with Gasteiger partial charge in [0.05, 0.1) is 6.20 Å². The molecule has 0 atom stereocenters. The minimum absolute atomic E-state index is 0.0398. The van der Waals surface area contributed by atoms with Crippen LogP contribution in [0.4, 0.5) is 5.69 Å². The topological polar surface area (TPSA) is 55.1 Å². The summed E-state index contributed by atoms with van der Waals surface area (Å²) >= 11 is 0. The summed E-state index contributed by atoms with van der Waals surface area (Å²) in [7, 11) is 0. The number of anilines is 1. The van der Waals surface area contributed by atoms with Crippen LogP contribution in [-0.2, 0) is 11.2 Å². The molecule has 4 heteroatoms. The van der Waals surface area contributed by atoms with Crippen molar-refractivity contribution in [2.45, 2.75) is 33.6 Å². The average molecular weight is 334 g/mol. The summed E-state index contributed by atoms with van der Waals surface area (Å²) in [6.45, 7) is 6.07. The first-order valence-electron chi connectivity index (χ1n) is 8.40. The number of hydrogen-bond donors (Lipinski definition) is 1.